The maximum absolute atomic E-state index is 11.8. The number of thioether (sulfide) groups is 1. The maximum atomic E-state index is 11.8. The summed E-state index contributed by atoms with van der Waals surface area (Å²) in [5, 5.41) is 6.29. The minimum atomic E-state index is -0.0800. The lowest BCUT2D eigenvalue weighted by Gasteiger charge is -2.18. The second-order valence-corrected chi connectivity index (χ2v) is 5.56. The van der Waals surface area contributed by atoms with Gasteiger partial charge >= 0.3 is 0 Å². The van der Waals surface area contributed by atoms with E-state index in [1.54, 1.807) is 0 Å². The molecule has 0 heterocycles. The van der Waals surface area contributed by atoms with Crippen LogP contribution in [0.4, 0.5) is 0 Å². The van der Waals surface area contributed by atoms with Crippen molar-refractivity contribution < 1.29 is 4.79 Å². The molecule has 0 aromatic carbocycles. The summed E-state index contributed by atoms with van der Waals surface area (Å²) in [5.74, 6) is 1.33. The summed E-state index contributed by atoms with van der Waals surface area (Å²) < 4.78 is 0. The molecular weight excluding hydrogens is 232 g/mol. The number of hydrogen-bond donors (Lipinski definition) is 2. The summed E-state index contributed by atoms with van der Waals surface area (Å²) in [6.45, 7) is 7.06. The zero-order valence-electron chi connectivity index (χ0n) is 11.7. The monoisotopic (exact) mass is 260 g/mol. The van der Waals surface area contributed by atoms with E-state index >= 15 is 0 Å². The summed E-state index contributed by atoms with van der Waals surface area (Å²) in [6.07, 6.45) is 6.64. The lowest BCUT2D eigenvalue weighted by Crippen LogP contribution is -2.45. The molecule has 0 saturated heterocycles. The molecule has 3 nitrogen and oxygen atoms in total. The van der Waals surface area contributed by atoms with Gasteiger partial charge in [0, 0.05) is 6.04 Å². The van der Waals surface area contributed by atoms with Crippen LogP contribution in [0.2, 0.25) is 0 Å². The van der Waals surface area contributed by atoms with Gasteiger partial charge in [-0.2, -0.15) is 11.8 Å². The Balaban J connectivity index is 3.60. The Kier molecular flexibility index (Phi) is 10.8. The first-order valence-corrected chi connectivity index (χ1v) is 8.03. The Morgan fingerprint density at radius 1 is 1.29 bits per heavy atom. The maximum Gasteiger partial charge on any atom is 0.237 e. The fourth-order valence-corrected chi connectivity index (χ4v) is 2.15. The van der Waals surface area contributed by atoms with E-state index in [0.29, 0.717) is 0 Å². The van der Waals surface area contributed by atoms with E-state index in [1.165, 1.54) is 12.2 Å². The lowest BCUT2D eigenvalue weighted by atomic mass is 10.2. The van der Waals surface area contributed by atoms with Crippen LogP contribution in [-0.2, 0) is 4.79 Å². The normalized spacial score (nSPS) is 14.4. The van der Waals surface area contributed by atoms with Crippen molar-refractivity contribution in [1.29, 1.82) is 0 Å². The molecular formula is C13H28N2OS. The SMILES string of the molecule is CCCC(C)NC(=O)C(C)NCCCCSC. The molecule has 0 aliphatic carbocycles. The highest BCUT2D eigenvalue weighted by Crippen LogP contribution is 1.99. The average molecular weight is 260 g/mol. The van der Waals surface area contributed by atoms with Crippen molar-refractivity contribution in [1.82, 2.24) is 10.6 Å². The summed E-state index contributed by atoms with van der Waals surface area (Å²) in [6, 6.07) is 0.205. The molecule has 2 unspecified atom stereocenters. The van der Waals surface area contributed by atoms with Gasteiger partial charge in [-0.1, -0.05) is 13.3 Å². The summed E-state index contributed by atoms with van der Waals surface area (Å²) in [7, 11) is 0. The highest BCUT2D eigenvalue weighted by atomic mass is 32.2. The second-order valence-electron chi connectivity index (χ2n) is 4.57. The van der Waals surface area contributed by atoms with E-state index in [2.05, 4.69) is 30.7 Å². The van der Waals surface area contributed by atoms with E-state index in [0.717, 1.165) is 25.8 Å². The third-order valence-corrected chi connectivity index (χ3v) is 3.43. The van der Waals surface area contributed by atoms with Gasteiger partial charge in [-0.25, -0.2) is 0 Å². The van der Waals surface area contributed by atoms with Crippen molar-refractivity contribution in [2.24, 2.45) is 0 Å². The number of nitrogens with one attached hydrogen (secondary N) is 2. The first kappa shape index (κ1) is 16.8. The number of unbranched alkanes of at least 4 members (excludes halogenated alkanes) is 1. The van der Waals surface area contributed by atoms with Crippen LogP contribution in [0.1, 0.15) is 46.5 Å². The van der Waals surface area contributed by atoms with Gasteiger partial charge in [0.2, 0.25) is 5.91 Å². The van der Waals surface area contributed by atoms with Crippen LogP contribution >= 0.6 is 11.8 Å². The van der Waals surface area contributed by atoms with Gasteiger partial charge in [0.05, 0.1) is 6.04 Å². The van der Waals surface area contributed by atoms with Crippen LogP contribution in [0.3, 0.4) is 0 Å². The third-order valence-electron chi connectivity index (χ3n) is 2.73. The fourth-order valence-electron chi connectivity index (χ4n) is 1.66. The topological polar surface area (TPSA) is 41.1 Å². The van der Waals surface area contributed by atoms with Crippen LogP contribution < -0.4 is 10.6 Å². The molecule has 2 atom stereocenters. The zero-order chi connectivity index (χ0) is 13.1. The van der Waals surface area contributed by atoms with Crippen molar-refractivity contribution in [2.75, 3.05) is 18.6 Å². The van der Waals surface area contributed by atoms with Gasteiger partial charge in [0.15, 0.2) is 0 Å². The lowest BCUT2D eigenvalue weighted by molar-refractivity contribution is -0.123. The van der Waals surface area contributed by atoms with Crippen LogP contribution in [0, 0.1) is 0 Å². The molecule has 0 saturated carbocycles. The molecule has 17 heavy (non-hydrogen) atoms. The Morgan fingerprint density at radius 3 is 2.59 bits per heavy atom. The summed E-state index contributed by atoms with van der Waals surface area (Å²) >= 11 is 1.87. The van der Waals surface area contributed by atoms with Crippen LogP contribution in [0.15, 0.2) is 0 Å². The van der Waals surface area contributed by atoms with Crippen molar-refractivity contribution in [3.05, 3.63) is 0 Å². The molecule has 0 fully saturated rings. The quantitative estimate of drug-likeness (QED) is 0.593. The van der Waals surface area contributed by atoms with Gasteiger partial charge < -0.3 is 10.6 Å². The van der Waals surface area contributed by atoms with Crippen molar-refractivity contribution in [3.8, 4) is 0 Å². The predicted molar refractivity (Wildman–Crippen MR) is 77.6 cm³/mol. The van der Waals surface area contributed by atoms with Crippen molar-refractivity contribution in [3.63, 3.8) is 0 Å². The van der Waals surface area contributed by atoms with E-state index in [9.17, 15) is 4.79 Å². The first-order chi connectivity index (χ1) is 8.11. The molecule has 0 aliphatic heterocycles. The molecule has 1 amide bonds. The molecule has 0 aromatic heterocycles. The van der Waals surface area contributed by atoms with E-state index in [-0.39, 0.29) is 18.0 Å². The van der Waals surface area contributed by atoms with Crippen molar-refractivity contribution in [2.45, 2.75) is 58.5 Å². The van der Waals surface area contributed by atoms with Gasteiger partial charge in [-0.05, 0) is 51.7 Å². The Bertz CT molecular complexity index is 200. The molecule has 0 rings (SSSR count). The van der Waals surface area contributed by atoms with Gasteiger partial charge in [-0.3, -0.25) is 4.79 Å². The third kappa shape index (κ3) is 9.48. The summed E-state index contributed by atoms with van der Waals surface area (Å²) in [4.78, 5) is 11.8. The van der Waals surface area contributed by atoms with Crippen molar-refractivity contribution >= 4 is 17.7 Å². The molecule has 0 spiro atoms. The highest BCUT2D eigenvalue weighted by Gasteiger charge is 2.13. The number of carbonyl (C=O) groups excluding carboxylic acids is 1. The largest absolute Gasteiger partial charge is 0.352 e. The molecule has 0 aromatic rings. The number of amides is 1. The van der Waals surface area contributed by atoms with E-state index in [1.807, 2.05) is 18.7 Å². The van der Waals surface area contributed by atoms with E-state index in [4.69, 9.17) is 0 Å². The number of carbonyl (C=O) groups is 1. The minimum absolute atomic E-state index is 0.0800. The first-order valence-electron chi connectivity index (χ1n) is 6.64. The molecule has 0 radical (unpaired) electrons. The molecule has 102 valence electrons. The average Bonchev–Trinajstić information content (AvgIpc) is 2.28. The Hall–Kier alpha value is -0.220. The number of hydrogen-bond acceptors (Lipinski definition) is 3. The summed E-state index contributed by atoms with van der Waals surface area (Å²) in [5.41, 5.74) is 0. The van der Waals surface area contributed by atoms with E-state index < -0.39 is 0 Å². The standard InChI is InChI=1S/C13H28N2OS/c1-5-8-11(2)15-13(16)12(3)14-9-6-7-10-17-4/h11-12,14H,5-10H2,1-4H3,(H,15,16). The molecule has 0 aliphatic rings. The Morgan fingerprint density at radius 2 is 2.00 bits per heavy atom. The predicted octanol–water partition coefficient (Wildman–Crippen LogP) is 2.41. The van der Waals surface area contributed by atoms with Gasteiger partial charge in [0.25, 0.3) is 0 Å². The highest BCUT2D eigenvalue weighted by molar-refractivity contribution is 7.98. The molecule has 4 heteroatoms. The molecule has 2 N–H and O–H groups in total. The van der Waals surface area contributed by atoms with Gasteiger partial charge in [0.1, 0.15) is 0 Å². The smallest absolute Gasteiger partial charge is 0.237 e. The second kappa shape index (κ2) is 10.9. The fraction of sp³-hybridized carbons (Fsp3) is 0.923. The van der Waals surface area contributed by atoms with Crippen LogP contribution in [0.5, 0.6) is 0 Å². The van der Waals surface area contributed by atoms with Gasteiger partial charge in [-0.15, -0.1) is 0 Å². The minimum Gasteiger partial charge on any atom is -0.352 e. The zero-order valence-corrected chi connectivity index (χ0v) is 12.5. The molecule has 0 bridgehead atoms. The van der Waals surface area contributed by atoms with Crippen LogP contribution in [-0.4, -0.2) is 36.5 Å². The Labute approximate surface area is 111 Å². The number of rotatable bonds is 10. The van der Waals surface area contributed by atoms with Crippen LogP contribution in [0.25, 0.3) is 0 Å².